The molecule has 2 aromatic rings. The number of anilines is 1. The minimum absolute atomic E-state index is 0.00984. The lowest BCUT2D eigenvalue weighted by atomic mass is 9.82. The molecule has 0 aliphatic carbocycles. The van der Waals surface area contributed by atoms with E-state index in [0.717, 1.165) is 17.3 Å². The Balaban J connectivity index is 1.86. The van der Waals surface area contributed by atoms with Crippen molar-refractivity contribution in [2.24, 2.45) is 0 Å². The Bertz CT molecular complexity index is 1150. The van der Waals surface area contributed by atoms with E-state index in [9.17, 15) is 19.2 Å². The van der Waals surface area contributed by atoms with Crippen LogP contribution in [0, 0.1) is 17.1 Å². The van der Waals surface area contributed by atoms with E-state index in [4.69, 9.17) is 4.74 Å². The number of benzene rings is 2. The van der Waals surface area contributed by atoms with E-state index < -0.39 is 17.7 Å². The van der Waals surface area contributed by atoms with Crippen LogP contribution in [0.25, 0.3) is 0 Å². The van der Waals surface area contributed by atoms with Crippen molar-refractivity contribution in [3.05, 3.63) is 101 Å². The summed E-state index contributed by atoms with van der Waals surface area (Å²) in [4.78, 5) is 25.2. The average Bonchev–Trinajstić information content (AvgIpc) is 2.82. The Hall–Kier alpha value is -3.83. The van der Waals surface area contributed by atoms with Gasteiger partial charge in [-0.05, 0) is 36.8 Å². The number of nitriles is 1. The lowest BCUT2D eigenvalue weighted by molar-refractivity contribution is -0.138. The molecule has 1 heterocycles. The number of hydrogen-bond acceptors (Lipinski definition) is 6. The molecule has 6 nitrogen and oxygen atoms in total. The molecule has 1 aliphatic heterocycles. The van der Waals surface area contributed by atoms with E-state index in [-0.39, 0.29) is 18.3 Å². The van der Waals surface area contributed by atoms with Crippen molar-refractivity contribution in [2.75, 3.05) is 17.7 Å². The van der Waals surface area contributed by atoms with Crippen LogP contribution in [0.5, 0.6) is 0 Å². The number of carbonyl (C=O) groups excluding carboxylic acids is 2. The van der Waals surface area contributed by atoms with E-state index in [1.54, 1.807) is 6.92 Å². The third kappa shape index (κ3) is 5.90. The molecule has 8 heteroatoms. The van der Waals surface area contributed by atoms with Crippen molar-refractivity contribution < 1.29 is 18.7 Å². The van der Waals surface area contributed by atoms with Gasteiger partial charge in [-0.25, -0.2) is 9.18 Å². The molecule has 2 N–H and O–H groups in total. The SMILES string of the molecule is C=CCOC(=O)C1=C(C)NC(SCC(=O)Nc2ccc(F)cc2)=C(C#N)[C@H]1c1ccccc1. The first-order chi connectivity index (χ1) is 15.9. The van der Waals surface area contributed by atoms with Crippen LogP contribution >= 0.6 is 11.8 Å². The summed E-state index contributed by atoms with van der Waals surface area (Å²) in [6, 6.07) is 16.8. The highest BCUT2D eigenvalue weighted by molar-refractivity contribution is 8.03. The molecule has 0 radical (unpaired) electrons. The Morgan fingerprint density at radius 2 is 1.94 bits per heavy atom. The Kier molecular flexibility index (Phi) is 8.06. The number of halogens is 1. The van der Waals surface area contributed by atoms with Gasteiger partial charge in [0.15, 0.2) is 0 Å². The number of ether oxygens (including phenoxy) is 1. The van der Waals surface area contributed by atoms with Gasteiger partial charge in [-0.2, -0.15) is 5.26 Å². The molecule has 33 heavy (non-hydrogen) atoms. The summed E-state index contributed by atoms with van der Waals surface area (Å²) in [5.74, 6) is -1.88. The van der Waals surface area contributed by atoms with Crippen LogP contribution in [0.3, 0.4) is 0 Å². The molecule has 0 unspecified atom stereocenters. The molecule has 0 fully saturated rings. The zero-order valence-electron chi connectivity index (χ0n) is 17.9. The number of nitrogens with one attached hydrogen (secondary N) is 2. The molecule has 1 amide bonds. The molecule has 3 rings (SSSR count). The smallest absolute Gasteiger partial charge is 0.337 e. The van der Waals surface area contributed by atoms with Crippen LogP contribution in [-0.2, 0) is 14.3 Å². The quantitative estimate of drug-likeness (QED) is 0.438. The molecule has 1 atom stereocenters. The molecular weight excluding hydrogens is 441 g/mol. The first kappa shape index (κ1) is 23.8. The monoisotopic (exact) mass is 463 g/mol. The van der Waals surface area contributed by atoms with Crippen molar-refractivity contribution in [3.63, 3.8) is 0 Å². The Morgan fingerprint density at radius 1 is 1.24 bits per heavy atom. The second kappa shape index (κ2) is 11.2. The molecule has 168 valence electrons. The van der Waals surface area contributed by atoms with Gasteiger partial charge in [0, 0.05) is 11.4 Å². The summed E-state index contributed by atoms with van der Waals surface area (Å²) in [6.45, 7) is 5.34. The fourth-order valence-electron chi connectivity index (χ4n) is 3.36. The summed E-state index contributed by atoms with van der Waals surface area (Å²) < 4.78 is 18.3. The maximum absolute atomic E-state index is 13.1. The van der Waals surface area contributed by atoms with Crippen molar-refractivity contribution in [1.82, 2.24) is 5.32 Å². The molecule has 0 saturated heterocycles. The van der Waals surface area contributed by atoms with E-state index in [1.165, 1.54) is 30.3 Å². The van der Waals surface area contributed by atoms with E-state index >= 15 is 0 Å². The van der Waals surface area contributed by atoms with Crippen molar-refractivity contribution >= 4 is 29.3 Å². The number of allylic oxidation sites excluding steroid dienone is 2. The highest BCUT2D eigenvalue weighted by Gasteiger charge is 2.35. The predicted molar refractivity (Wildman–Crippen MR) is 126 cm³/mol. The zero-order valence-corrected chi connectivity index (χ0v) is 18.7. The van der Waals surface area contributed by atoms with E-state index in [2.05, 4.69) is 23.3 Å². The zero-order chi connectivity index (χ0) is 23.8. The van der Waals surface area contributed by atoms with Crippen LogP contribution in [0.4, 0.5) is 10.1 Å². The molecule has 0 bridgehead atoms. The number of amides is 1. The standard InChI is InChI=1S/C25H22FN3O3S/c1-3-13-32-25(31)22-16(2)28-24(20(14-27)23(22)17-7-5-4-6-8-17)33-15-21(30)29-19-11-9-18(26)10-12-19/h3-12,23,28H,1,13,15H2,2H3,(H,29,30)/t23-/m1/s1. The second-order valence-electron chi connectivity index (χ2n) is 7.09. The highest BCUT2D eigenvalue weighted by atomic mass is 32.2. The molecule has 0 saturated carbocycles. The van der Waals surface area contributed by atoms with Gasteiger partial charge in [0.2, 0.25) is 5.91 Å². The first-order valence-corrected chi connectivity index (χ1v) is 11.1. The van der Waals surface area contributed by atoms with Gasteiger partial charge < -0.3 is 15.4 Å². The minimum atomic E-state index is -0.641. The van der Waals surface area contributed by atoms with Gasteiger partial charge >= 0.3 is 5.97 Å². The van der Waals surface area contributed by atoms with Crippen molar-refractivity contribution in [1.29, 1.82) is 5.26 Å². The molecule has 1 aliphatic rings. The number of nitrogens with zero attached hydrogens (tertiary/aromatic N) is 1. The number of dihydropyridines is 1. The van der Waals surface area contributed by atoms with Gasteiger partial charge in [0.1, 0.15) is 12.4 Å². The maximum atomic E-state index is 13.1. The topological polar surface area (TPSA) is 91.2 Å². The lowest BCUT2D eigenvalue weighted by Crippen LogP contribution is -2.29. The van der Waals surface area contributed by atoms with Gasteiger partial charge in [-0.3, -0.25) is 4.79 Å². The summed E-state index contributed by atoms with van der Waals surface area (Å²) in [6.07, 6.45) is 1.48. The third-order valence-electron chi connectivity index (χ3n) is 4.81. The molecule has 0 aromatic heterocycles. The van der Waals surface area contributed by atoms with Gasteiger partial charge in [-0.1, -0.05) is 54.7 Å². The summed E-state index contributed by atoms with van der Waals surface area (Å²) in [7, 11) is 0. The molecular formula is C25H22FN3O3S. The van der Waals surface area contributed by atoms with Gasteiger partial charge in [0.05, 0.1) is 33.9 Å². The largest absolute Gasteiger partial charge is 0.458 e. The molecule has 2 aromatic carbocycles. The van der Waals surface area contributed by atoms with Crippen molar-refractivity contribution in [2.45, 2.75) is 12.8 Å². The average molecular weight is 464 g/mol. The van der Waals surface area contributed by atoms with Crippen LogP contribution in [0.1, 0.15) is 18.4 Å². The Morgan fingerprint density at radius 3 is 2.58 bits per heavy atom. The van der Waals surface area contributed by atoms with Crippen LogP contribution < -0.4 is 10.6 Å². The van der Waals surface area contributed by atoms with E-state index in [0.29, 0.717) is 27.6 Å². The lowest BCUT2D eigenvalue weighted by Gasteiger charge is -2.29. The number of carbonyl (C=O) groups is 2. The second-order valence-corrected chi connectivity index (χ2v) is 8.08. The fraction of sp³-hybridized carbons (Fsp3) is 0.160. The summed E-state index contributed by atoms with van der Waals surface area (Å²) in [5.41, 5.74) is 2.42. The van der Waals surface area contributed by atoms with Gasteiger partial charge in [0.25, 0.3) is 0 Å². The van der Waals surface area contributed by atoms with E-state index in [1.807, 2.05) is 30.3 Å². The van der Waals surface area contributed by atoms with Crippen LogP contribution in [0.15, 0.2) is 89.1 Å². The fourth-order valence-corrected chi connectivity index (χ4v) is 4.25. The number of esters is 1. The normalized spacial score (nSPS) is 15.4. The minimum Gasteiger partial charge on any atom is -0.458 e. The highest BCUT2D eigenvalue weighted by Crippen LogP contribution is 2.40. The van der Waals surface area contributed by atoms with Gasteiger partial charge in [-0.15, -0.1) is 0 Å². The number of rotatable bonds is 8. The van der Waals surface area contributed by atoms with Crippen molar-refractivity contribution in [3.8, 4) is 6.07 Å². The third-order valence-corrected chi connectivity index (χ3v) is 5.83. The number of thioether (sulfide) groups is 1. The van der Waals surface area contributed by atoms with Crippen LogP contribution in [0.2, 0.25) is 0 Å². The first-order valence-electron chi connectivity index (χ1n) is 10.1. The summed E-state index contributed by atoms with van der Waals surface area (Å²) in [5, 5.41) is 16.3. The molecule has 0 spiro atoms. The maximum Gasteiger partial charge on any atom is 0.337 e. The van der Waals surface area contributed by atoms with Crippen LogP contribution in [-0.4, -0.2) is 24.2 Å². The summed E-state index contributed by atoms with van der Waals surface area (Å²) >= 11 is 1.15. The predicted octanol–water partition coefficient (Wildman–Crippen LogP) is 4.62. The number of hydrogen-bond donors (Lipinski definition) is 2. The Labute approximate surface area is 195 Å².